The lowest BCUT2D eigenvalue weighted by Crippen LogP contribution is -2.39. The highest BCUT2D eigenvalue weighted by molar-refractivity contribution is 9.10. The van der Waals surface area contributed by atoms with Crippen LogP contribution in [0.15, 0.2) is 28.7 Å². The second kappa shape index (κ2) is 5.74. The van der Waals surface area contributed by atoms with Crippen LogP contribution in [-0.4, -0.2) is 24.9 Å². The van der Waals surface area contributed by atoms with Gasteiger partial charge in [0.05, 0.1) is 5.41 Å². The molecule has 0 heterocycles. The summed E-state index contributed by atoms with van der Waals surface area (Å²) in [4.78, 5) is 23.0. The average Bonchev–Trinajstić information content (AvgIpc) is 3.15. The first-order chi connectivity index (χ1) is 9.04. The van der Waals surface area contributed by atoms with Gasteiger partial charge in [0.15, 0.2) is 0 Å². The maximum absolute atomic E-state index is 12.2. The standard InChI is InChI=1S/C14H17BrN2O2/c1-10(18)16-7-8-17-13(19)14(5-6-14)11-3-2-4-12(15)9-11/h2-4,9H,5-8H2,1H3,(H,16,18)(H,17,19). The van der Waals surface area contributed by atoms with Crippen LogP contribution in [0.4, 0.5) is 0 Å². The van der Waals surface area contributed by atoms with Crippen molar-refractivity contribution < 1.29 is 9.59 Å². The number of hydrogen-bond donors (Lipinski definition) is 2. The molecule has 1 aliphatic rings. The molecule has 4 nitrogen and oxygen atoms in total. The lowest BCUT2D eigenvalue weighted by atomic mass is 9.95. The van der Waals surface area contributed by atoms with Crippen LogP contribution in [0.1, 0.15) is 25.3 Å². The highest BCUT2D eigenvalue weighted by Gasteiger charge is 2.51. The molecule has 1 saturated carbocycles. The van der Waals surface area contributed by atoms with Crippen molar-refractivity contribution in [2.24, 2.45) is 0 Å². The summed E-state index contributed by atoms with van der Waals surface area (Å²) in [5, 5.41) is 5.55. The number of hydrogen-bond acceptors (Lipinski definition) is 2. The molecule has 2 N–H and O–H groups in total. The molecular formula is C14H17BrN2O2. The Bertz CT molecular complexity index is 498. The van der Waals surface area contributed by atoms with E-state index in [1.165, 1.54) is 6.92 Å². The van der Waals surface area contributed by atoms with Crippen molar-refractivity contribution in [2.75, 3.05) is 13.1 Å². The summed E-state index contributed by atoms with van der Waals surface area (Å²) in [6.45, 7) is 2.40. The molecule has 0 spiro atoms. The van der Waals surface area contributed by atoms with E-state index >= 15 is 0 Å². The van der Waals surface area contributed by atoms with Crippen molar-refractivity contribution in [3.63, 3.8) is 0 Å². The smallest absolute Gasteiger partial charge is 0.230 e. The zero-order valence-electron chi connectivity index (χ0n) is 10.8. The van der Waals surface area contributed by atoms with E-state index in [2.05, 4.69) is 26.6 Å². The third-order valence-corrected chi connectivity index (χ3v) is 3.84. The Morgan fingerprint density at radius 1 is 1.26 bits per heavy atom. The lowest BCUT2D eigenvalue weighted by Gasteiger charge is -2.16. The summed E-state index contributed by atoms with van der Waals surface area (Å²) >= 11 is 3.43. The molecule has 0 aliphatic heterocycles. The van der Waals surface area contributed by atoms with Crippen LogP contribution >= 0.6 is 15.9 Å². The van der Waals surface area contributed by atoms with Crippen molar-refractivity contribution in [1.29, 1.82) is 0 Å². The van der Waals surface area contributed by atoms with Crippen molar-refractivity contribution in [1.82, 2.24) is 10.6 Å². The van der Waals surface area contributed by atoms with Crippen molar-refractivity contribution in [3.05, 3.63) is 34.3 Å². The van der Waals surface area contributed by atoms with E-state index in [1.54, 1.807) is 0 Å². The maximum Gasteiger partial charge on any atom is 0.230 e. The molecular weight excluding hydrogens is 308 g/mol. The highest BCUT2D eigenvalue weighted by Crippen LogP contribution is 2.48. The van der Waals surface area contributed by atoms with E-state index in [9.17, 15) is 9.59 Å². The summed E-state index contributed by atoms with van der Waals surface area (Å²) in [5.74, 6) is -0.0293. The molecule has 0 bridgehead atoms. The monoisotopic (exact) mass is 324 g/mol. The third kappa shape index (κ3) is 3.35. The van der Waals surface area contributed by atoms with Crippen LogP contribution in [0.5, 0.6) is 0 Å². The first-order valence-electron chi connectivity index (χ1n) is 6.33. The molecule has 1 aliphatic carbocycles. The summed E-state index contributed by atoms with van der Waals surface area (Å²) in [6, 6.07) is 7.89. The molecule has 19 heavy (non-hydrogen) atoms. The van der Waals surface area contributed by atoms with Gasteiger partial charge in [-0.3, -0.25) is 9.59 Å². The number of nitrogens with one attached hydrogen (secondary N) is 2. The predicted octanol–water partition coefficient (Wildman–Crippen LogP) is 1.73. The lowest BCUT2D eigenvalue weighted by molar-refractivity contribution is -0.124. The van der Waals surface area contributed by atoms with Gasteiger partial charge in [0.1, 0.15) is 0 Å². The summed E-state index contributed by atoms with van der Waals surface area (Å²) in [5.41, 5.74) is 0.693. The zero-order valence-corrected chi connectivity index (χ0v) is 12.4. The van der Waals surface area contributed by atoms with Gasteiger partial charge in [0.25, 0.3) is 0 Å². The van der Waals surface area contributed by atoms with E-state index in [0.717, 1.165) is 22.9 Å². The Labute approximate surface area is 121 Å². The highest BCUT2D eigenvalue weighted by atomic mass is 79.9. The van der Waals surface area contributed by atoms with E-state index in [-0.39, 0.29) is 17.2 Å². The average molecular weight is 325 g/mol. The van der Waals surface area contributed by atoms with Crippen LogP contribution in [0, 0.1) is 0 Å². The molecule has 2 amide bonds. The van der Waals surface area contributed by atoms with Gasteiger partial charge in [0, 0.05) is 24.5 Å². The zero-order chi connectivity index (χ0) is 13.9. The fourth-order valence-electron chi connectivity index (χ4n) is 2.14. The quantitative estimate of drug-likeness (QED) is 0.810. The third-order valence-electron chi connectivity index (χ3n) is 3.35. The minimum Gasteiger partial charge on any atom is -0.355 e. The fourth-order valence-corrected chi connectivity index (χ4v) is 2.54. The topological polar surface area (TPSA) is 58.2 Å². The first-order valence-corrected chi connectivity index (χ1v) is 7.13. The molecule has 2 rings (SSSR count). The van der Waals surface area contributed by atoms with Gasteiger partial charge in [-0.2, -0.15) is 0 Å². The van der Waals surface area contributed by atoms with Gasteiger partial charge in [-0.25, -0.2) is 0 Å². The molecule has 0 aromatic heterocycles. The Morgan fingerprint density at radius 3 is 2.53 bits per heavy atom. The van der Waals surface area contributed by atoms with E-state index in [1.807, 2.05) is 24.3 Å². The normalized spacial score (nSPS) is 15.7. The summed E-state index contributed by atoms with van der Waals surface area (Å²) < 4.78 is 0.988. The van der Waals surface area contributed by atoms with Gasteiger partial charge in [0.2, 0.25) is 11.8 Å². The van der Waals surface area contributed by atoms with Gasteiger partial charge < -0.3 is 10.6 Å². The Kier molecular flexibility index (Phi) is 4.24. The number of carbonyl (C=O) groups is 2. The largest absolute Gasteiger partial charge is 0.355 e. The van der Waals surface area contributed by atoms with Gasteiger partial charge in [-0.05, 0) is 30.5 Å². The van der Waals surface area contributed by atoms with Gasteiger partial charge >= 0.3 is 0 Å². The van der Waals surface area contributed by atoms with E-state index in [0.29, 0.717) is 13.1 Å². The molecule has 5 heteroatoms. The minimum atomic E-state index is -0.361. The number of benzene rings is 1. The molecule has 102 valence electrons. The molecule has 1 fully saturated rings. The summed E-state index contributed by atoms with van der Waals surface area (Å²) in [6.07, 6.45) is 1.77. The molecule has 1 aromatic rings. The van der Waals surface area contributed by atoms with Crippen LogP contribution in [0.3, 0.4) is 0 Å². The number of amides is 2. The molecule has 1 aromatic carbocycles. The first kappa shape index (κ1) is 14.1. The second-order valence-electron chi connectivity index (χ2n) is 4.83. The van der Waals surface area contributed by atoms with Crippen LogP contribution in [0.25, 0.3) is 0 Å². The summed E-state index contributed by atoms with van der Waals surface area (Å²) in [7, 11) is 0. The fraction of sp³-hybridized carbons (Fsp3) is 0.429. The van der Waals surface area contributed by atoms with Crippen LogP contribution in [0.2, 0.25) is 0 Å². The molecule has 0 atom stereocenters. The Balaban J connectivity index is 1.93. The number of halogens is 1. The minimum absolute atomic E-state index is 0.0518. The van der Waals surface area contributed by atoms with Crippen molar-refractivity contribution >= 4 is 27.7 Å². The van der Waals surface area contributed by atoms with Crippen molar-refractivity contribution in [3.8, 4) is 0 Å². The molecule has 0 unspecified atom stereocenters. The van der Waals surface area contributed by atoms with E-state index in [4.69, 9.17) is 0 Å². The maximum atomic E-state index is 12.2. The predicted molar refractivity (Wildman–Crippen MR) is 76.7 cm³/mol. The van der Waals surface area contributed by atoms with Crippen molar-refractivity contribution in [2.45, 2.75) is 25.2 Å². The number of carbonyl (C=O) groups excluding carboxylic acids is 2. The Morgan fingerprint density at radius 2 is 1.95 bits per heavy atom. The van der Waals surface area contributed by atoms with E-state index < -0.39 is 0 Å². The van der Waals surface area contributed by atoms with Crippen LogP contribution < -0.4 is 10.6 Å². The molecule has 0 saturated heterocycles. The second-order valence-corrected chi connectivity index (χ2v) is 5.75. The Hall–Kier alpha value is -1.36. The van der Waals surface area contributed by atoms with Gasteiger partial charge in [-0.15, -0.1) is 0 Å². The van der Waals surface area contributed by atoms with Crippen LogP contribution in [-0.2, 0) is 15.0 Å². The molecule has 0 radical (unpaired) electrons. The SMILES string of the molecule is CC(=O)NCCNC(=O)C1(c2cccc(Br)c2)CC1. The number of rotatable bonds is 5. The van der Waals surface area contributed by atoms with Gasteiger partial charge in [-0.1, -0.05) is 28.1 Å².